The molecule has 8 nitrogen and oxygen atoms in total. The number of aromatic nitrogens is 3. The summed E-state index contributed by atoms with van der Waals surface area (Å²) in [6, 6.07) is 9.40. The number of piperidine rings is 1. The third-order valence-corrected chi connectivity index (χ3v) is 5.48. The van der Waals surface area contributed by atoms with E-state index in [9.17, 15) is 4.79 Å². The Morgan fingerprint density at radius 1 is 1.23 bits per heavy atom. The van der Waals surface area contributed by atoms with Crippen molar-refractivity contribution >= 4 is 23.0 Å². The molecule has 160 valence electrons. The molecule has 0 aliphatic carbocycles. The zero-order valence-electron chi connectivity index (χ0n) is 17.6. The standard InChI is InChI=1S/C23H27N7O/c1-2-15-7-10-27-19(12-15)18-6-5-17(25)22(28-18)23(31)29-20-13-26-9-8-21(20)30-11-3-4-16(24)14-30/h5-10,12-13,16H,2-4,11,14,24-25H2,1H3,(H,29,31)/t16-/m0/s1. The fraction of sp³-hybridized carbons (Fsp3) is 0.304. The first-order chi connectivity index (χ1) is 15.0. The number of amides is 1. The Morgan fingerprint density at radius 3 is 2.90 bits per heavy atom. The van der Waals surface area contributed by atoms with Gasteiger partial charge in [0.25, 0.3) is 5.91 Å². The number of carbonyl (C=O) groups excluding carboxylic acids is 1. The molecule has 5 N–H and O–H groups in total. The largest absolute Gasteiger partial charge is 0.397 e. The summed E-state index contributed by atoms with van der Waals surface area (Å²) in [5.74, 6) is -0.387. The van der Waals surface area contributed by atoms with Crippen molar-refractivity contribution in [3.05, 3.63) is 60.2 Å². The van der Waals surface area contributed by atoms with E-state index in [0.29, 0.717) is 22.8 Å². The van der Waals surface area contributed by atoms with Crippen LogP contribution in [-0.2, 0) is 6.42 Å². The lowest BCUT2D eigenvalue weighted by Gasteiger charge is -2.33. The van der Waals surface area contributed by atoms with Crippen molar-refractivity contribution in [1.29, 1.82) is 0 Å². The molecule has 0 spiro atoms. The summed E-state index contributed by atoms with van der Waals surface area (Å²) in [7, 11) is 0. The Labute approximate surface area is 181 Å². The summed E-state index contributed by atoms with van der Waals surface area (Å²) in [4.78, 5) is 28.4. The highest BCUT2D eigenvalue weighted by Crippen LogP contribution is 2.28. The van der Waals surface area contributed by atoms with E-state index in [2.05, 4.69) is 32.1 Å². The van der Waals surface area contributed by atoms with Crippen LogP contribution in [0, 0.1) is 0 Å². The molecule has 1 saturated heterocycles. The Kier molecular flexibility index (Phi) is 6.08. The summed E-state index contributed by atoms with van der Waals surface area (Å²) in [5.41, 5.74) is 16.7. The van der Waals surface area contributed by atoms with Gasteiger partial charge in [0.15, 0.2) is 5.69 Å². The lowest BCUT2D eigenvalue weighted by atomic mass is 10.1. The predicted molar refractivity (Wildman–Crippen MR) is 123 cm³/mol. The first-order valence-corrected chi connectivity index (χ1v) is 10.5. The smallest absolute Gasteiger partial charge is 0.276 e. The zero-order chi connectivity index (χ0) is 21.8. The molecule has 0 saturated carbocycles. The fourth-order valence-corrected chi connectivity index (χ4v) is 3.80. The van der Waals surface area contributed by atoms with Gasteiger partial charge in [-0.25, -0.2) is 4.98 Å². The molecule has 31 heavy (non-hydrogen) atoms. The van der Waals surface area contributed by atoms with Crippen LogP contribution in [0.25, 0.3) is 11.4 Å². The second kappa shape index (κ2) is 9.09. The van der Waals surface area contributed by atoms with Gasteiger partial charge in [-0.1, -0.05) is 6.92 Å². The molecule has 8 heteroatoms. The molecule has 0 radical (unpaired) electrons. The molecule has 1 amide bonds. The van der Waals surface area contributed by atoms with Crippen molar-refractivity contribution < 1.29 is 4.79 Å². The molecule has 0 unspecified atom stereocenters. The second-order valence-electron chi connectivity index (χ2n) is 7.73. The number of anilines is 3. The van der Waals surface area contributed by atoms with Gasteiger partial charge in [0.1, 0.15) is 0 Å². The molecular formula is C23H27N7O. The van der Waals surface area contributed by atoms with Crippen molar-refractivity contribution in [1.82, 2.24) is 15.0 Å². The lowest BCUT2D eigenvalue weighted by Crippen LogP contribution is -2.43. The van der Waals surface area contributed by atoms with E-state index < -0.39 is 0 Å². The van der Waals surface area contributed by atoms with E-state index in [1.165, 1.54) is 0 Å². The zero-order valence-corrected chi connectivity index (χ0v) is 17.6. The van der Waals surface area contributed by atoms with Crippen LogP contribution in [-0.4, -0.2) is 40.0 Å². The van der Waals surface area contributed by atoms with Crippen LogP contribution in [0.5, 0.6) is 0 Å². The highest BCUT2D eigenvalue weighted by atomic mass is 16.1. The van der Waals surface area contributed by atoms with Gasteiger partial charge in [-0.2, -0.15) is 0 Å². The molecular weight excluding hydrogens is 390 g/mol. The molecule has 0 bridgehead atoms. The van der Waals surface area contributed by atoms with Gasteiger partial charge in [0.05, 0.1) is 34.6 Å². The van der Waals surface area contributed by atoms with E-state index in [1.807, 2.05) is 18.2 Å². The van der Waals surface area contributed by atoms with E-state index >= 15 is 0 Å². The molecule has 1 atom stereocenters. The van der Waals surface area contributed by atoms with Crippen LogP contribution < -0.4 is 21.7 Å². The van der Waals surface area contributed by atoms with Gasteiger partial charge in [-0.3, -0.25) is 14.8 Å². The van der Waals surface area contributed by atoms with Crippen molar-refractivity contribution in [3.8, 4) is 11.4 Å². The normalized spacial score (nSPS) is 16.2. The topological polar surface area (TPSA) is 123 Å². The first kappa shape index (κ1) is 20.7. The maximum Gasteiger partial charge on any atom is 0.276 e. The number of hydrogen-bond acceptors (Lipinski definition) is 7. The maximum absolute atomic E-state index is 13.1. The van der Waals surface area contributed by atoms with E-state index in [-0.39, 0.29) is 17.6 Å². The van der Waals surface area contributed by atoms with Gasteiger partial charge in [0, 0.05) is 31.5 Å². The Balaban J connectivity index is 1.61. The lowest BCUT2D eigenvalue weighted by molar-refractivity contribution is 0.102. The fourth-order valence-electron chi connectivity index (χ4n) is 3.80. The number of pyridine rings is 3. The van der Waals surface area contributed by atoms with Crippen LogP contribution in [0.1, 0.15) is 35.8 Å². The van der Waals surface area contributed by atoms with Crippen LogP contribution in [0.2, 0.25) is 0 Å². The maximum atomic E-state index is 13.1. The minimum Gasteiger partial charge on any atom is -0.397 e. The van der Waals surface area contributed by atoms with E-state index in [1.54, 1.807) is 30.7 Å². The minimum absolute atomic E-state index is 0.117. The summed E-state index contributed by atoms with van der Waals surface area (Å²) in [5, 5.41) is 2.93. The summed E-state index contributed by atoms with van der Waals surface area (Å²) in [6.45, 7) is 3.70. The molecule has 1 aliphatic heterocycles. The molecule has 3 aromatic rings. The number of carbonyl (C=O) groups is 1. The summed E-state index contributed by atoms with van der Waals surface area (Å²) in [6.07, 6.45) is 8.00. The first-order valence-electron chi connectivity index (χ1n) is 10.5. The monoisotopic (exact) mass is 417 g/mol. The van der Waals surface area contributed by atoms with Crippen LogP contribution >= 0.6 is 0 Å². The third kappa shape index (κ3) is 4.64. The number of nitrogens with two attached hydrogens (primary N) is 2. The SMILES string of the molecule is CCc1ccnc(-c2ccc(N)c(C(=O)Nc3cnccc3N3CCC[C@H](N)C3)n2)c1. The number of hydrogen-bond donors (Lipinski definition) is 3. The van der Waals surface area contributed by atoms with Crippen LogP contribution in [0.4, 0.5) is 17.1 Å². The minimum atomic E-state index is -0.387. The Bertz CT molecular complexity index is 1090. The van der Waals surface area contributed by atoms with Crippen molar-refractivity contribution in [2.75, 3.05) is 29.0 Å². The predicted octanol–water partition coefficient (Wildman–Crippen LogP) is 2.86. The van der Waals surface area contributed by atoms with Crippen LogP contribution in [0.15, 0.2) is 48.9 Å². The Morgan fingerprint density at radius 2 is 2.10 bits per heavy atom. The van der Waals surface area contributed by atoms with Crippen LogP contribution in [0.3, 0.4) is 0 Å². The molecule has 1 aliphatic rings. The Hall–Kier alpha value is -3.52. The highest BCUT2D eigenvalue weighted by molar-refractivity contribution is 6.07. The average Bonchev–Trinajstić information content (AvgIpc) is 2.79. The number of nitrogens with zero attached hydrogens (tertiary/aromatic N) is 4. The van der Waals surface area contributed by atoms with Crippen molar-refractivity contribution in [2.45, 2.75) is 32.2 Å². The van der Waals surface area contributed by atoms with E-state index in [4.69, 9.17) is 11.5 Å². The average molecular weight is 418 g/mol. The highest BCUT2D eigenvalue weighted by Gasteiger charge is 2.21. The molecule has 1 fully saturated rings. The van der Waals surface area contributed by atoms with Gasteiger partial charge >= 0.3 is 0 Å². The second-order valence-corrected chi connectivity index (χ2v) is 7.73. The molecule has 4 rings (SSSR count). The molecule has 4 heterocycles. The van der Waals surface area contributed by atoms with E-state index in [0.717, 1.165) is 43.6 Å². The quantitative estimate of drug-likeness (QED) is 0.583. The van der Waals surface area contributed by atoms with Gasteiger partial charge in [0.2, 0.25) is 0 Å². The number of rotatable bonds is 5. The summed E-state index contributed by atoms with van der Waals surface area (Å²) < 4.78 is 0. The number of nitrogen functional groups attached to an aromatic ring is 1. The number of aryl methyl sites for hydroxylation is 1. The number of nitrogens with one attached hydrogen (secondary N) is 1. The molecule has 3 aromatic heterocycles. The van der Waals surface area contributed by atoms with Crippen molar-refractivity contribution in [2.24, 2.45) is 5.73 Å². The third-order valence-electron chi connectivity index (χ3n) is 5.48. The summed E-state index contributed by atoms with van der Waals surface area (Å²) >= 11 is 0. The van der Waals surface area contributed by atoms with Gasteiger partial charge in [-0.05, 0) is 55.2 Å². The van der Waals surface area contributed by atoms with Gasteiger partial charge < -0.3 is 21.7 Å². The van der Waals surface area contributed by atoms with Gasteiger partial charge in [-0.15, -0.1) is 0 Å². The molecule has 0 aromatic carbocycles. The van der Waals surface area contributed by atoms with Crippen molar-refractivity contribution in [3.63, 3.8) is 0 Å².